The summed E-state index contributed by atoms with van der Waals surface area (Å²) in [5.41, 5.74) is 3.53. The van der Waals surface area contributed by atoms with Crippen LogP contribution in [0.4, 0.5) is 20.1 Å². The van der Waals surface area contributed by atoms with E-state index >= 15 is 0 Å². The van der Waals surface area contributed by atoms with Gasteiger partial charge >= 0.3 is 18.3 Å². The number of aromatic hydroxyl groups is 1. The van der Waals surface area contributed by atoms with Gasteiger partial charge in [0.05, 0.1) is 0 Å². The minimum absolute atomic E-state index is 0.00878. The second kappa shape index (κ2) is 16.8. The first-order valence-corrected chi connectivity index (χ1v) is 19.3. The maximum absolute atomic E-state index is 14.2. The zero-order valence-electron chi connectivity index (χ0n) is 32.3. The molecule has 14 nitrogen and oxygen atoms in total. The predicted molar refractivity (Wildman–Crippen MR) is 202 cm³/mol. The zero-order valence-corrected chi connectivity index (χ0v) is 32.3. The van der Waals surface area contributed by atoms with E-state index in [1.54, 1.807) is 35.6 Å². The molecule has 3 saturated heterocycles. The molecule has 14 heteroatoms. The molecule has 294 valence electrons. The van der Waals surface area contributed by atoms with Gasteiger partial charge in [-0.15, -0.1) is 5.06 Å². The lowest BCUT2D eigenvalue weighted by molar-refractivity contribution is -0.162. The molecule has 2 aromatic carbocycles. The van der Waals surface area contributed by atoms with Gasteiger partial charge < -0.3 is 39.4 Å². The molecular formula is C40H56N6O8. The Morgan fingerprint density at radius 3 is 2.11 bits per heavy atom. The summed E-state index contributed by atoms with van der Waals surface area (Å²) in [7, 11) is 0. The first-order valence-electron chi connectivity index (χ1n) is 19.3. The maximum Gasteiger partial charge on any atom is 0.528 e. The van der Waals surface area contributed by atoms with E-state index in [0.717, 1.165) is 49.2 Å². The number of amides is 4. The smallest absolute Gasteiger partial charge is 0.507 e. The van der Waals surface area contributed by atoms with E-state index in [9.17, 15) is 24.3 Å². The molecule has 2 N–H and O–H groups in total. The second-order valence-electron chi connectivity index (χ2n) is 16.0. The van der Waals surface area contributed by atoms with Crippen molar-refractivity contribution in [2.24, 2.45) is 0 Å². The van der Waals surface area contributed by atoms with E-state index < -0.39 is 24.0 Å². The zero-order chi connectivity index (χ0) is 38.6. The van der Waals surface area contributed by atoms with E-state index in [1.165, 1.54) is 0 Å². The SMILES string of the molecule is Cc1cc(C[C@@H](OC(=O)N2CCC(N3CCc4ccccc4NC3=O)CC2)C(=O)N2CCC(N3CCN(OC(=O)OC(C)(C)C)CC3)CC2)cc(C)c1O. The number of para-hydroxylation sites is 1. The van der Waals surface area contributed by atoms with Crippen LogP contribution in [0.5, 0.6) is 5.75 Å². The quantitative estimate of drug-likeness (QED) is 0.368. The molecule has 6 rings (SSSR count). The molecule has 3 fully saturated rings. The van der Waals surface area contributed by atoms with Crippen LogP contribution in [0.3, 0.4) is 0 Å². The molecule has 0 aromatic heterocycles. The fraction of sp³-hybridized carbons (Fsp3) is 0.600. The highest BCUT2D eigenvalue weighted by Crippen LogP contribution is 2.28. The largest absolute Gasteiger partial charge is 0.528 e. The van der Waals surface area contributed by atoms with Crippen LogP contribution in [0.15, 0.2) is 36.4 Å². The first-order chi connectivity index (χ1) is 25.7. The Morgan fingerprint density at radius 2 is 1.46 bits per heavy atom. The number of fused-ring (bicyclic) bond motifs is 1. The Labute approximate surface area is 318 Å². The summed E-state index contributed by atoms with van der Waals surface area (Å²) >= 11 is 0. The number of carbonyl (C=O) groups excluding carboxylic acids is 4. The van der Waals surface area contributed by atoms with Gasteiger partial charge in [-0.05, 0) is 95.0 Å². The summed E-state index contributed by atoms with van der Waals surface area (Å²) in [5.74, 6) is -0.0146. The van der Waals surface area contributed by atoms with Crippen molar-refractivity contribution in [2.45, 2.75) is 96.9 Å². The monoisotopic (exact) mass is 748 g/mol. The van der Waals surface area contributed by atoms with Crippen molar-refractivity contribution in [1.82, 2.24) is 24.7 Å². The van der Waals surface area contributed by atoms with Crippen molar-refractivity contribution >= 4 is 29.9 Å². The maximum atomic E-state index is 14.2. The van der Waals surface area contributed by atoms with Crippen LogP contribution in [0.25, 0.3) is 0 Å². The van der Waals surface area contributed by atoms with Crippen molar-refractivity contribution in [1.29, 1.82) is 0 Å². The van der Waals surface area contributed by atoms with E-state index in [2.05, 4.69) is 10.2 Å². The van der Waals surface area contributed by atoms with E-state index in [1.807, 2.05) is 55.1 Å². The predicted octanol–water partition coefficient (Wildman–Crippen LogP) is 5.09. The van der Waals surface area contributed by atoms with Crippen LogP contribution >= 0.6 is 0 Å². The molecule has 4 aliphatic heterocycles. The fourth-order valence-electron chi connectivity index (χ4n) is 8.04. The van der Waals surface area contributed by atoms with Gasteiger partial charge in [0.2, 0.25) is 0 Å². The number of benzene rings is 2. The number of hydrogen-bond donors (Lipinski definition) is 2. The number of anilines is 1. The Hall–Kier alpha value is -4.56. The van der Waals surface area contributed by atoms with Crippen molar-refractivity contribution < 1.29 is 38.6 Å². The molecule has 4 heterocycles. The van der Waals surface area contributed by atoms with Gasteiger partial charge in [0, 0.05) is 83.1 Å². The van der Waals surface area contributed by atoms with Crippen LogP contribution in [-0.4, -0.2) is 137 Å². The van der Waals surface area contributed by atoms with Gasteiger partial charge in [-0.25, -0.2) is 14.4 Å². The van der Waals surface area contributed by atoms with E-state index in [4.69, 9.17) is 14.3 Å². The standard InChI is InChI=1S/C40H56N6O8/c1-27-24-29(25-28(2)35(27)47)26-34(36(48)43-15-11-31(12-16-43)42-20-22-45(23-21-42)54-39(51)53-40(3,4)5)52-38(50)44-17-13-32(14-18-44)46-19-10-30-8-6-7-9-33(30)41-37(46)49/h6-9,24-25,31-32,34,47H,10-23,26H2,1-5H3,(H,41,49)/t34-/m1/s1. The normalized spacial score (nSPS) is 20.1. The third kappa shape index (κ3) is 9.75. The molecule has 0 radical (unpaired) electrons. The minimum atomic E-state index is -1.03. The second-order valence-corrected chi connectivity index (χ2v) is 16.0. The number of hydroxylamine groups is 2. The Morgan fingerprint density at radius 1 is 0.852 bits per heavy atom. The Kier molecular flexibility index (Phi) is 12.2. The molecule has 2 aromatic rings. The number of nitrogens with one attached hydrogen (secondary N) is 1. The van der Waals surface area contributed by atoms with Crippen LogP contribution in [0, 0.1) is 13.8 Å². The van der Waals surface area contributed by atoms with Crippen molar-refractivity contribution in [2.75, 3.05) is 64.2 Å². The summed E-state index contributed by atoms with van der Waals surface area (Å²) in [6.45, 7) is 14.1. The number of nitrogens with zero attached hydrogens (tertiary/aromatic N) is 5. The van der Waals surface area contributed by atoms with E-state index in [0.29, 0.717) is 69.8 Å². The van der Waals surface area contributed by atoms with Crippen molar-refractivity contribution in [3.05, 3.63) is 58.7 Å². The van der Waals surface area contributed by atoms with Crippen molar-refractivity contribution in [3.63, 3.8) is 0 Å². The number of rotatable bonds is 7. The molecule has 0 unspecified atom stereocenters. The fourth-order valence-corrected chi connectivity index (χ4v) is 8.04. The van der Waals surface area contributed by atoms with Crippen LogP contribution in [0.2, 0.25) is 0 Å². The molecule has 0 aliphatic carbocycles. The third-order valence-corrected chi connectivity index (χ3v) is 11.0. The Balaban J connectivity index is 1.04. The highest BCUT2D eigenvalue weighted by Gasteiger charge is 2.37. The lowest BCUT2D eigenvalue weighted by Gasteiger charge is -2.42. The minimum Gasteiger partial charge on any atom is -0.507 e. The molecule has 0 saturated carbocycles. The molecular weight excluding hydrogens is 692 g/mol. The number of hydrogen-bond acceptors (Lipinski definition) is 10. The summed E-state index contributed by atoms with van der Waals surface area (Å²) < 4.78 is 11.4. The lowest BCUT2D eigenvalue weighted by atomic mass is 9.98. The topological polar surface area (TPSA) is 144 Å². The first kappa shape index (κ1) is 39.1. The Bertz CT molecular complexity index is 1650. The summed E-state index contributed by atoms with van der Waals surface area (Å²) in [6.07, 6.45) is 1.47. The highest BCUT2D eigenvalue weighted by molar-refractivity contribution is 5.91. The lowest BCUT2D eigenvalue weighted by Crippen LogP contribution is -2.55. The molecule has 0 bridgehead atoms. The van der Waals surface area contributed by atoms with Crippen molar-refractivity contribution in [3.8, 4) is 5.75 Å². The van der Waals surface area contributed by atoms with Gasteiger partial charge in [0.15, 0.2) is 6.10 Å². The molecule has 54 heavy (non-hydrogen) atoms. The summed E-state index contributed by atoms with van der Waals surface area (Å²) in [4.78, 5) is 66.2. The number of carbonyl (C=O) groups is 4. The van der Waals surface area contributed by atoms with Gasteiger partial charge in [-0.1, -0.05) is 30.3 Å². The van der Waals surface area contributed by atoms with E-state index in [-0.39, 0.29) is 36.2 Å². The average Bonchev–Trinajstić information content (AvgIpc) is 3.31. The number of phenolic OH excluding ortho intramolecular Hbond substituents is 1. The molecule has 4 aliphatic rings. The number of phenols is 1. The molecule has 0 spiro atoms. The number of aryl methyl sites for hydroxylation is 2. The third-order valence-electron chi connectivity index (χ3n) is 11.0. The van der Waals surface area contributed by atoms with Crippen LogP contribution < -0.4 is 5.32 Å². The van der Waals surface area contributed by atoms with Crippen LogP contribution in [-0.2, 0) is 31.9 Å². The van der Waals surface area contributed by atoms with Gasteiger partial charge in [-0.3, -0.25) is 9.69 Å². The highest BCUT2D eigenvalue weighted by atomic mass is 16.8. The average molecular weight is 749 g/mol. The number of ether oxygens (including phenoxy) is 2. The van der Waals surface area contributed by atoms with Crippen LogP contribution in [0.1, 0.15) is 68.7 Å². The molecule has 4 amide bonds. The van der Waals surface area contributed by atoms with Gasteiger partial charge in [-0.2, -0.15) is 0 Å². The van der Waals surface area contributed by atoms with Gasteiger partial charge in [0.1, 0.15) is 11.4 Å². The number of piperazine rings is 1. The summed E-state index contributed by atoms with van der Waals surface area (Å²) in [6, 6.07) is 11.7. The summed E-state index contributed by atoms with van der Waals surface area (Å²) in [5, 5.41) is 15.1. The molecule has 1 atom stereocenters. The number of likely N-dealkylation sites (tertiary alicyclic amines) is 2. The number of urea groups is 1. The van der Waals surface area contributed by atoms with Gasteiger partial charge in [0.25, 0.3) is 5.91 Å². The number of piperidine rings is 2.